The molecule has 28 heavy (non-hydrogen) atoms. The Labute approximate surface area is 162 Å². The van der Waals surface area contributed by atoms with Gasteiger partial charge in [-0.15, -0.1) is 0 Å². The number of carbonyl (C=O) groups excluding carboxylic acids is 2. The van der Waals surface area contributed by atoms with Gasteiger partial charge in [-0.25, -0.2) is 8.78 Å². The van der Waals surface area contributed by atoms with E-state index in [0.717, 1.165) is 44.6 Å². The van der Waals surface area contributed by atoms with Crippen molar-refractivity contribution in [3.8, 4) is 0 Å². The van der Waals surface area contributed by atoms with Gasteiger partial charge in [0.05, 0.1) is 6.54 Å². The van der Waals surface area contributed by atoms with Crippen molar-refractivity contribution >= 4 is 11.8 Å². The largest absolute Gasteiger partial charge is 0.355 e. The molecule has 1 heterocycles. The zero-order chi connectivity index (χ0) is 19.9. The Kier molecular flexibility index (Phi) is 6.71. The molecule has 0 saturated heterocycles. The van der Waals surface area contributed by atoms with E-state index in [4.69, 9.17) is 0 Å². The lowest BCUT2D eigenvalue weighted by atomic mass is 10.00. The van der Waals surface area contributed by atoms with Gasteiger partial charge >= 0.3 is 0 Å². The van der Waals surface area contributed by atoms with Crippen LogP contribution in [0.15, 0.2) is 42.5 Å². The molecule has 0 spiro atoms. The second kappa shape index (κ2) is 9.41. The number of hydrogen-bond donors (Lipinski definition) is 2. The van der Waals surface area contributed by atoms with Gasteiger partial charge < -0.3 is 10.6 Å². The van der Waals surface area contributed by atoms with Crippen molar-refractivity contribution in [1.29, 1.82) is 0 Å². The molecule has 2 aromatic rings. The number of hydrogen-bond acceptors (Lipinski definition) is 3. The lowest BCUT2D eigenvalue weighted by molar-refractivity contribution is -0.120. The summed E-state index contributed by atoms with van der Waals surface area (Å²) in [5.41, 5.74) is 2.60. The Balaban J connectivity index is 1.33. The summed E-state index contributed by atoms with van der Waals surface area (Å²) in [7, 11) is 0. The van der Waals surface area contributed by atoms with Crippen molar-refractivity contribution in [3.05, 3.63) is 70.8 Å². The van der Waals surface area contributed by atoms with Crippen LogP contribution in [0.5, 0.6) is 0 Å². The monoisotopic (exact) mass is 387 g/mol. The standard InChI is InChI=1S/C21H23F2N3O2/c22-18-10-17(11-19(23)12-18)21(28)25-13-20(27)24-7-3-8-26-9-6-15-4-1-2-5-16(15)14-26/h1-2,4-5,10-12H,3,6-9,13-14H2,(H,24,27)(H,25,28). The van der Waals surface area contributed by atoms with Crippen LogP contribution in [0.2, 0.25) is 0 Å². The predicted octanol–water partition coefficient (Wildman–Crippen LogP) is 2.26. The Hall–Kier alpha value is -2.80. The van der Waals surface area contributed by atoms with Gasteiger partial charge in [0.1, 0.15) is 11.6 Å². The smallest absolute Gasteiger partial charge is 0.251 e. The fraction of sp³-hybridized carbons (Fsp3) is 0.333. The van der Waals surface area contributed by atoms with Crippen LogP contribution < -0.4 is 10.6 Å². The molecule has 1 aliphatic heterocycles. The molecule has 148 valence electrons. The van der Waals surface area contributed by atoms with Crippen molar-refractivity contribution in [1.82, 2.24) is 15.5 Å². The number of carbonyl (C=O) groups is 2. The summed E-state index contributed by atoms with van der Waals surface area (Å²) in [6.07, 6.45) is 1.84. The quantitative estimate of drug-likeness (QED) is 0.717. The molecule has 5 nitrogen and oxygen atoms in total. The van der Waals surface area contributed by atoms with Gasteiger partial charge in [-0.3, -0.25) is 14.5 Å². The number of amides is 2. The topological polar surface area (TPSA) is 61.4 Å². The van der Waals surface area contributed by atoms with Gasteiger partial charge in [0.25, 0.3) is 5.91 Å². The summed E-state index contributed by atoms with van der Waals surface area (Å²) in [5.74, 6) is -2.71. The molecule has 0 unspecified atom stereocenters. The minimum atomic E-state index is -0.838. The summed E-state index contributed by atoms with van der Waals surface area (Å²) in [6.45, 7) is 3.06. The first-order valence-corrected chi connectivity index (χ1v) is 9.31. The molecular formula is C21H23F2N3O2. The second-order valence-corrected chi connectivity index (χ2v) is 6.84. The SMILES string of the molecule is O=C(CNC(=O)c1cc(F)cc(F)c1)NCCCN1CCc2ccccc2C1. The number of rotatable bonds is 7. The van der Waals surface area contributed by atoms with Crippen LogP contribution >= 0.6 is 0 Å². The predicted molar refractivity (Wildman–Crippen MR) is 102 cm³/mol. The Bertz CT molecular complexity index is 837. The molecule has 2 amide bonds. The first-order valence-electron chi connectivity index (χ1n) is 9.31. The van der Waals surface area contributed by atoms with Crippen LogP contribution in [0.1, 0.15) is 27.9 Å². The van der Waals surface area contributed by atoms with E-state index in [0.29, 0.717) is 12.6 Å². The van der Waals surface area contributed by atoms with Crippen LogP contribution in [-0.4, -0.2) is 42.9 Å². The summed E-state index contributed by atoms with van der Waals surface area (Å²) in [4.78, 5) is 26.1. The van der Waals surface area contributed by atoms with E-state index in [-0.39, 0.29) is 18.0 Å². The molecule has 2 aromatic carbocycles. The summed E-state index contributed by atoms with van der Waals surface area (Å²) >= 11 is 0. The lowest BCUT2D eigenvalue weighted by Gasteiger charge is -2.28. The van der Waals surface area contributed by atoms with Gasteiger partial charge in [-0.1, -0.05) is 24.3 Å². The van der Waals surface area contributed by atoms with Gasteiger partial charge in [-0.05, 0) is 36.1 Å². The van der Waals surface area contributed by atoms with Gasteiger partial charge in [0.15, 0.2) is 0 Å². The zero-order valence-corrected chi connectivity index (χ0v) is 15.5. The Morgan fingerprint density at radius 3 is 2.46 bits per heavy atom. The number of fused-ring (bicyclic) bond motifs is 1. The van der Waals surface area contributed by atoms with E-state index in [2.05, 4.69) is 39.8 Å². The minimum absolute atomic E-state index is 0.157. The molecule has 1 aliphatic rings. The van der Waals surface area contributed by atoms with E-state index >= 15 is 0 Å². The van der Waals surface area contributed by atoms with Crippen molar-refractivity contribution in [2.24, 2.45) is 0 Å². The average molecular weight is 387 g/mol. The highest BCUT2D eigenvalue weighted by atomic mass is 19.1. The molecule has 3 rings (SSSR count). The van der Waals surface area contributed by atoms with Gasteiger partial charge in [0.2, 0.25) is 5.91 Å². The third kappa shape index (κ3) is 5.60. The maximum Gasteiger partial charge on any atom is 0.251 e. The Morgan fingerprint density at radius 1 is 1.00 bits per heavy atom. The van der Waals surface area contributed by atoms with Crippen molar-refractivity contribution < 1.29 is 18.4 Å². The molecule has 0 aromatic heterocycles. The molecule has 0 saturated carbocycles. The fourth-order valence-corrected chi connectivity index (χ4v) is 3.29. The summed E-state index contributed by atoms with van der Waals surface area (Å²) < 4.78 is 26.3. The molecule has 0 bridgehead atoms. The van der Waals surface area contributed by atoms with E-state index in [9.17, 15) is 18.4 Å². The number of halogens is 2. The maximum absolute atomic E-state index is 13.1. The van der Waals surface area contributed by atoms with Crippen LogP contribution in [-0.2, 0) is 17.8 Å². The minimum Gasteiger partial charge on any atom is -0.355 e. The maximum atomic E-state index is 13.1. The third-order valence-corrected chi connectivity index (χ3v) is 4.72. The van der Waals surface area contributed by atoms with Crippen LogP contribution in [0, 0.1) is 11.6 Å². The Morgan fingerprint density at radius 2 is 1.71 bits per heavy atom. The molecule has 0 fully saturated rings. The molecule has 0 radical (unpaired) electrons. The summed E-state index contributed by atoms with van der Waals surface area (Å²) in [6, 6.07) is 11.0. The first kappa shape index (κ1) is 19.9. The molecule has 2 N–H and O–H groups in total. The van der Waals surface area contributed by atoms with Crippen molar-refractivity contribution in [2.75, 3.05) is 26.2 Å². The van der Waals surface area contributed by atoms with E-state index < -0.39 is 17.5 Å². The highest BCUT2D eigenvalue weighted by Crippen LogP contribution is 2.18. The van der Waals surface area contributed by atoms with E-state index in [1.807, 2.05) is 0 Å². The lowest BCUT2D eigenvalue weighted by Crippen LogP contribution is -2.38. The molecule has 7 heteroatoms. The third-order valence-electron chi connectivity index (χ3n) is 4.72. The van der Waals surface area contributed by atoms with Gasteiger partial charge in [0, 0.05) is 37.8 Å². The van der Waals surface area contributed by atoms with E-state index in [1.165, 1.54) is 11.1 Å². The highest BCUT2D eigenvalue weighted by molar-refractivity contribution is 5.96. The normalized spacial score (nSPS) is 13.6. The summed E-state index contributed by atoms with van der Waals surface area (Å²) in [5, 5.41) is 5.10. The van der Waals surface area contributed by atoms with Crippen molar-refractivity contribution in [2.45, 2.75) is 19.4 Å². The number of nitrogens with one attached hydrogen (secondary N) is 2. The molecular weight excluding hydrogens is 364 g/mol. The fourth-order valence-electron chi connectivity index (χ4n) is 3.29. The van der Waals surface area contributed by atoms with Crippen LogP contribution in [0.3, 0.4) is 0 Å². The van der Waals surface area contributed by atoms with Crippen LogP contribution in [0.4, 0.5) is 8.78 Å². The zero-order valence-electron chi connectivity index (χ0n) is 15.5. The second-order valence-electron chi connectivity index (χ2n) is 6.84. The molecule has 0 aliphatic carbocycles. The van der Waals surface area contributed by atoms with E-state index in [1.54, 1.807) is 0 Å². The number of nitrogens with zero attached hydrogens (tertiary/aromatic N) is 1. The van der Waals surface area contributed by atoms with Gasteiger partial charge in [-0.2, -0.15) is 0 Å². The average Bonchev–Trinajstić information content (AvgIpc) is 2.68. The number of benzene rings is 2. The molecule has 0 atom stereocenters. The highest BCUT2D eigenvalue weighted by Gasteiger charge is 2.15. The van der Waals surface area contributed by atoms with Crippen molar-refractivity contribution in [3.63, 3.8) is 0 Å². The van der Waals surface area contributed by atoms with Crippen LogP contribution in [0.25, 0.3) is 0 Å². The first-order chi connectivity index (χ1) is 13.5.